The summed E-state index contributed by atoms with van der Waals surface area (Å²) >= 11 is 0. The summed E-state index contributed by atoms with van der Waals surface area (Å²) in [4.78, 5) is 12.2. The van der Waals surface area contributed by atoms with E-state index >= 15 is 0 Å². The van der Waals surface area contributed by atoms with Gasteiger partial charge in [0, 0.05) is 6.07 Å². The number of ether oxygens (including phenoxy) is 3. The predicted octanol–water partition coefficient (Wildman–Crippen LogP) is 5.37. The van der Waals surface area contributed by atoms with Crippen LogP contribution in [0, 0.1) is 0 Å². The maximum Gasteiger partial charge on any atom is 0.189 e. The van der Waals surface area contributed by atoms with Gasteiger partial charge in [0.25, 0.3) is 0 Å². The highest BCUT2D eigenvalue weighted by molar-refractivity contribution is 6.08. The highest BCUT2D eigenvalue weighted by Crippen LogP contribution is 2.29. The zero-order valence-electron chi connectivity index (χ0n) is 18.1. The molecule has 0 radical (unpaired) electrons. The fourth-order valence-electron chi connectivity index (χ4n) is 3.02. The Balaban J connectivity index is 1.60. The van der Waals surface area contributed by atoms with Gasteiger partial charge in [0.15, 0.2) is 17.3 Å². The van der Waals surface area contributed by atoms with E-state index in [0.29, 0.717) is 37.1 Å². The van der Waals surface area contributed by atoms with Crippen molar-refractivity contribution in [1.29, 1.82) is 0 Å². The molecular formula is C26H26O6. The number of allylic oxidation sites excluding steroid dienone is 1. The van der Waals surface area contributed by atoms with Gasteiger partial charge < -0.3 is 24.4 Å². The van der Waals surface area contributed by atoms with E-state index in [2.05, 4.69) is 0 Å². The summed E-state index contributed by atoms with van der Waals surface area (Å²) < 4.78 is 17.1. The van der Waals surface area contributed by atoms with Crippen LogP contribution in [-0.4, -0.2) is 29.2 Å². The minimum atomic E-state index is -0.358. The normalized spacial score (nSPS) is 10.8. The second-order valence-electron chi connectivity index (χ2n) is 6.90. The van der Waals surface area contributed by atoms with Crippen molar-refractivity contribution in [2.45, 2.75) is 20.5 Å². The van der Waals surface area contributed by atoms with Crippen LogP contribution >= 0.6 is 0 Å². The molecule has 6 nitrogen and oxygen atoms in total. The van der Waals surface area contributed by atoms with Gasteiger partial charge in [-0.25, -0.2) is 0 Å². The maximum absolute atomic E-state index is 12.2. The molecule has 166 valence electrons. The van der Waals surface area contributed by atoms with Gasteiger partial charge in [0.2, 0.25) is 0 Å². The topological polar surface area (TPSA) is 85.2 Å². The summed E-state index contributed by atoms with van der Waals surface area (Å²) in [6.45, 7) is 5.35. The molecule has 0 aliphatic heterocycles. The fraction of sp³-hybridized carbons (Fsp3) is 0.192. The standard InChI is InChI=1S/C26H26O6/c1-3-30-25-14-8-19(15-26(25)31-4-2)17-32-21-10-5-18(6-11-21)7-13-23(28)22-12-9-20(27)16-24(22)29/h5-16,27,29H,3-4,17H2,1-2H3/b13-7+. The highest BCUT2D eigenvalue weighted by Gasteiger charge is 2.09. The van der Waals surface area contributed by atoms with Gasteiger partial charge in [-0.3, -0.25) is 4.79 Å². The molecule has 3 rings (SSSR count). The van der Waals surface area contributed by atoms with E-state index < -0.39 is 0 Å². The van der Waals surface area contributed by atoms with E-state index in [4.69, 9.17) is 14.2 Å². The van der Waals surface area contributed by atoms with Crippen LogP contribution < -0.4 is 14.2 Å². The summed E-state index contributed by atoms with van der Waals surface area (Å²) in [5.41, 5.74) is 1.89. The highest BCUT2D eigenvalue weighted by atomic mass is 16.5. The van der Waals surface area contributed by atoms with Gasteiger partial charge in [0.1, 0.15) is 23.9 Å². The van der Waals surface area contributed by atoms with E-state index in [9.17, 15) is 15.0 Å². The van der Waals surface area contributed by atoms with Crippen molar-refractivity contribution < 1.29 is 29.2 Å². The summed E-state index contributed by atoms with van der Waals surface area (Å²) in [6.07, 6.45) is 3.02. The van der Waals surface area contributed by atoms with Crippen LogP contribution in [0.25, 0.3) is 6.08 Å². The average Bonchev–Trinajstić information content (AvgIpc) is 2.78. The third-order valence-electron chi connectivity index (χ3n) is 4.57. The summed E-state index contributed by atoms with van der Waals surface area (Å²) in [5.74, 6) is 1.38. The molecule has 0 saturated carbocycles. The van der Waals surface area contributed by atoms with Crippen LogP contribution in [0.15, 0.2) is 66.7 Å². The molecule has 3 aromatic rings. The van der Waals surface area contributed by atoms with Gasteiger partial charge in [-0.1, -0.05) is 24.3 Å². The molecule has 2 N–H and O–H groups in total. The lowest BCUT2D eigenvalue weighted by Crippen LogP contribution is -2.01. The molecule has 6 heteroatoms. The number of benzene rings is 3. The molecule has 3 aromatic carbocycles. The smallest absolute Gasteiger partial charge is 0.189 e. The second kappa shape index (κ2) is 10.9. The summed E-state index contributed by atoms with van der Waals surface area (Å²) in [6, 6.07) is 16.9. The average molecular weight is 434 g/mol. The van der Waals surface area contributed by atoms with Gasteiger partial charge in [0.05, 0.1) is 18.8 Å². The van der Waals surface area contributed by atoms with Gasteiger partial charge in [-0.05, 0) is 67.4 Å². The molecule has 0 atom stereocenters. The maximum atomic E-state index is 12.2. The van der Waals surface area contributed by atoms with Crippen molar-refractivity contribution in [3.8, 4) is 28.7 Å². The van der Waals surface area contributed by atoms with Gasteiger partial charge in [-0.15, -0.1) is 0 Å². The van der Waals surface area contributed by atoms with Crippen molar-refractivity contribution in [3.05, 3.63) is 83.4 Å². The molecular weight excluding hydrogens is 408 g/mol. The van der Waals surface area contributed by atoms with Gasteiger partial charge >= 0.3 is 0 Å². The number of phenolic OH excluding ortho intramolecular Hbond substituents is 2. The lowest BCUT2D eigenvalue weighted by Gasteiger charge is -2.13. The largest absolute Gasteiger partial charge is 0.508 e. The van der Waals surface area contributed by atoms with Crippen molar-refractivity contribution in [2.24, 2.45) is 0 Å². The van der Waals surface area contributed by atoms with E-state index in [1.54, 1.807) is 6.08 Å². The SMILES string of the molecule is CCOc1ccc(COc2ccc(/C=C/C(=O)c3ccc(O)cc3O)cc2)cc1OCC. The quantitative estimate of drug-likeness (QED) is 0.330. The zero-order valence-corrected chi connectivity index (χ0v) is 18.1. The molecule has 0 heterocycles. The third kappa shape index (κ3) is 6.04. The first-order valence-corrected chi connectivity index (χ1v) is 10.4. The number of hydrogen-bond donors (Lipinski definition) is 2. The van der Waals surface area contributed by atoms with Crippen molar-refractivity contribution in [2.75, 3.05) is 13.2 Å². The molecule has 0 aromatic heterocycles. The van der Waals surface area contributed by atoms with Crippen LogP contribution in [0.2, 0.25) is 0 Å². The predicted molar refractivity (Wildman–Crippen MR) is 123 cm³/mol. The second-order valence-corrected chi connectivity index (χ2v) is 6.90. The summed E-state index contributed by atoms with van der Waals surface area (Å²) in [7, 11) is 0. The number of hydrogen-bond acceptors (Lipinski definition) is 6. The molecule has 0 saturated heterocycles. The lowest BCUT2D eigenvalue weighted by molar-refractivity contribution is 0.104. The minimum absolute atomic E-state index is 0.0991. The van der Waals surface area contributed by atoms with Crippen molar-refractivity contribution in [1.82, 2.24) is 0 Å². The van der Waals surface area contributed by atoms with E-state index in [0.717, 1.165) is 17.2 Å². The molecule has 0 fully saturated rings. The first-order chi connectivity index (χ1) is 15.5. The number of aromatic hydroxyl groups is 2. The molecule has 0 bridgehead atoms. The van der Waals surface area contributed by atoms with Gasteiger partial charge in [-0.2, -0.15) is 0 Å². The number of ketones is 1. The Labute approximate surface area is 187 Å². The van der Waals surface area contributed by atoms with Crippen LogP contribution in [0.5, 0.6) is 28.7 Å². The summed E-state index contributed by atoms with van der Waals surface area (Å²) in [5, 5.41) is 19.1. The van der Waals surface area contributed by atoms with E-state index in [1.165, 1.54) is 18.2 Å². The Morgan fingerprint density at radius 2 is 1.56 bits per heavy atom. The zero-order chi connectivity index (χ0) is 22.9. The van der Waals surface area contributed by atoms with E-state index in [1.807, 2.05) is 56.3 Å². The molecule has 0 aliphatic carbocycles. The van der Waals surface area contributed by atoms with Crippen LogP contribution in [-0.2, 0) is 6.61 Å². The number of phenols is 2. The van der Waals surface area contributed by atoms with Crippen LogP contribution in [0.4, 0.5) is 0 Å². The Hall–Kier alpha value is -3.93. The number of carbonyl (C=O) groups excluding carboxylic acids is 1. The molecule has 32 heavy (non-hydrogen) atoms. The number of rotatable bonds is 10. The molecule has 0 amide bonds. The third-order valence-corrected chi connectivity index (χ3v) is 4.57. The van der Waals surface area contributed by atoms with E-state index in [-0.39, 0.29) is 22.8 Å². The first-order valence-electron chi connectivity index (χ1n) is 10.4. The van der Waals surface area contributed by atoms with Crippen LogP contribution in [0.1, 0.15) is 35.3 Å². The van der Waals surface area contributed by atoms with Crippen molar-refractivity contribution >= 4 is 11.9 Å². The fourth-order valence-corrected chi connectivity index (χ4v) is 3.02. The Morgan fingerprint density at radius 1 is 0.844 bits per heavy atom. The first kappa shape index (κ1) is 22.7. The molecule has 0 aliphatic rings. The Morgan fingerprint density at radius 3 is 2.25 bits per heavy atom. The van der Waals surface area contributed by atoms with Crippen LogP contribution in [0.3, 0.4) is 0 Å². The molecule has 0 unspecified atom stereocenters. The number of carbonyl (C=O) groups is 1. The monoisotopic (exact) mass is 434 g/mol. The van der Waals surface area contributed by atoms with Crippen molar-refractivity contribution in [3.63, 3.8) is 0 Å². The lowest BCUT2D eigenvalue weighted by atomic mass is 10.1. The molecule has 0 spiro atoms. The Bertz CT molecular complexity index is 1090. The minimum Gasteiger partial charge on any atom is -0.508 e. The Kier molecular flexibility index (Phi) is 7.75.